The van der Waals surface area contributed by atoms with Gasteiger partial charge in [-0.05, 0) is 23.9 Å². The lowest BCUT2D eigenvalue weighted by Gasteiger charge is -2.05. The molecule has 1 amide bonds. The van der Waals surface area contributed by atoms with Crippen molar-refractivity contribution in [3.05, 3.63) is 0 Å². The largest absolute Gasteiger partial charge is 0.356 e. The Balaban J connectivity index is 3.32. The predicted molar refractivity (Wildman–Crippen MR) is 52.6 cm³/mol. The number of carbonyl (C=O) groups excluding carboxylic acids is 2. The highest BCUT2D eigenvalue weighted by molar-refractivity contribution is 6.63. The zero-order valence-electron chi connectivity index (χ0n) is 8.10. The van der Waals surface area contributed by atoms with Crippen LogP contribution in [0.25, 0.3) is 0 Å². The van der Waals surface area contributed by atoms with E-state index in [4.69, 9.17) is 11.6 Å². The molecule has 1 N–H and O–H groups in total. The Kier molecular flexibility index (Phi) is 6.59. The molecule has 0 fully saturated rings. The van der Waals surface area contributed by atoms with Gasteiger partial charge in [-0.15, -0.1) is 0 Å². The average Bonchev–Trinajstić information content (AvgIpc) is 1.96. The molecule has 0 unspecified atom stereocenters. The number of amides is 1. The summed E-state index contributed by atoms with van der Waals surface area (Å²) in [6.45, 7) is 4.51. The van der Waals surface area contributed by atoms with Crippen molar-refractivity contribution in [3.63, 3.8) is 0 Å². The molecule has 0 aromatic rings. The van der Waals surface area contributed by atoms with E-state index in [1.54, 1.807) is 0 Å². The number of halogens is 1. The van der Waals surface area contributed by atoms with Gasteiger partial charge in [-0.3, -0.25) is 9.59 Å². The minimum absolute atomic E-state index is 0.0389. The number of hydrogen-bond acceptors (Lipinski definition) is 2. The van der Waals surface area contributed by atoms with Crippen LogP contribution in [0.3, 0.4) is 0 Å². The minimum atomic E-state index is -0.349. The Morgan fingerprint density at radius 3 is 2.46 bits per heavy atom. The molecule has 0 aliphatic carbocycles. The van der Waals surface area contributed by atoms with Gasteiger partial charge < -0.3 is 5.32 Å². The van der Waals surface area contributed by atoms with Crippen molar-refractivity contribution in [1.82, 2.24) is 5.32 Å². The fourth-order valence-electron chi connectivity index (χ4n) is 0.898. The molecule has 0 saturated heterocycles. The molecular weight excluding hydrogens is 190 g/mol. The third-order valence-electron chi connectivity index (χ3n) is 1.47. The van der Waals surface area contributed by atoms with Crippen LogP contribution in [-0.2, 0) is 9.59 Å². The van der Waals surface area contributed by atoms with E-state index in [-0.39, 0.29) is 11.1 Å². The number of rotatable bonds is 6. The maximum absolute atomic E-state index is 11.1. The minimum Gasteiger partial charge on any atom is -0.356 e. The summed E-state index contributed by atoms with van der Waals surface area (Å²) in [4.78, 5) is 21.4. The van der Waals surface area contributed by atoms with Crippen LogP contribution in [-0.4, -0.2) is 17.7 Å². The van der Waals surface area contributed by atoms with Gasteiger partial charge in [0.25, 0.3) is 0 Å². The lowest BCUT2D eigenvalue weighted by Crippen LogP contribution is -2.25. The van der Waals surface area contributed by atoms with Crippen molar-refractivity contribution >= 4 is 22.8 Å². The zero-order chi connectivity index (χ0) is 10.3. The Hall–Kier alpha value is -0.570. The summed E-state index contributed by atoms with van der Waals surface area (Å²) in [5.41, 5.74) is 0. The normalized spacial score (nSPS) is 10.2. The first-order valence-corrected chi connectivity index (χ1v) is 4.85. The number of nitrogens with one attached hydrogen (secondary N) is 1. The highest BCUT2D eigenvalue weighted by Gasteiger charge is 2.03. The molecule has 4 heteroatoms. The Labute approximate surface area is 83.8 Å². The molecule has 0 aromatic heterocycles. The van der Waals surface area contributed by atoms with Crippen molar-refractivity contribution in [3.8, 4) is 0 Å². The summed E-state index contributed by atoms with van der Waals surface area (Å²) in [7, 11) is 0. The fourth-order valence-corrected chi connectivity index (χ4v) is 1.03. The standard InChI is InChI=1S/C9H16ClNO2/c1-7(2)6-9(13)11-5-3-4-8(10)12/h7H,3-6H2,1-2H3,(H,11,13). The van der Waals surface area contributed by atoms with E-state index >= 15 is 0 Å². The van der Waals surface area contributed by atoms with E-state index in [9.17, 15) is 9.59 Å². The summed E-state index contributed by atoms with van der Waals surface area (Å²) >= 11 is 5.13. The van der Waals surface area contributed by atoms with Gasteiger partial charge in [-0.1, -0.05) is 13.8 Å². The molecule has 13 heavy (non-hydrogen) atoms. The van der Waals surface area contributed by atoms with Crippen LogP contribution in [0.4, 0.5) is 0 Å². The Bertz CT molecular complexity index is 180. The molecular formula is C9H16ClNO2. The van der Waals surface area contributed by atoms with Gasteiger partial charge in [0.05, 0.1) is 0 Å². The van der Waals surface area contributed by atoms with Crippen LogP contribution >= 0.6 is 11.6 Å². The Morgan fingerprint density at radius 2 is 2.00 bits per heavy atom. The first kappa shape index (κ1) is 12.4. The van der Waals surface area contributed by atoms with E-state index in [0.29, 0.717) is 31.7 Å². The summed E-state index contributed by atoms with van der Waals surface area (Å²) in [5, 5.41) is 2.37. The molecule has 0 heterocycles. The molecule has 3 nitrogen and oxygen atoms in total. The lowest BCUT2D eigenvalue weighted by molar-refractivity contribution is -0.122. The first-order chi connectivity index (χ1) is 6.02. The molecule has 0 aliphatic heterocycles. The van der Waals surface area contributed by atoms with Crippen LogP contribution in [0, 0.1) is 5.92 Å². The van der Waals surface area contributed by atoms with E-state index in [2.05, 4.69) is 5.32 Å². The van der Waals surface area contributed by atoms with Gasteiger partial charge in [-0.2, -0.15) is 0 Å². The Morgan fingerprint density at radius 1 is 1.38 bits per heavy atom. The maximum Gasteiger partial charge on any atom is 0.221 e. The molecule has 0 rings (SSSR count). The van der Waals surface area contributed by atoms with Crippen LogP contribution in [0.1, 0.15) is 33.1 Å². The molecule has 0 aliphatic rings. The van der Waals surface area contributed by atoms with Gasteiger partial charge in [0.1, 0.15) is 0 Å². The predicted octanol–water partition coefficient (Wildman–Crippen LogP) is 1.69. The molecule has 0 radical (unpaired) electrons. The van der Waals surface area contributed by atoms with Crippen LogP contribution in [0.5, 0.6) is 0 Å². The van der Waals surface area contributed by atoms with Crippen LogP contribution in [0.15, 0.2) is 0 Å². The van der Waals surface area contributed by atoms with Gasteiger partial charge in [0, 0.05) is 19.4 Å². The summed E-state index contributed by atoms with van der Waals surface area (Å²) < 4.78 is 0. The van der Waals surface area contributed by atoms with Crippen molar-refractivity contribution in [2.24, 2.45) is 5.92 Å². The van der Waals surface area contributed by atoms with Crippen molar-refractivity contribution < 1.29 is 9.59 Å². The molecule has 0 bridgehead atoms. The summed E-state index contributed by atoms with van der Waals surface area (Å²) in [6.07, 6.45) is 1.48. The highest BCUT2D eigenvalue weighted by atomic mass is 35.5. The maximum atomic E-state index is 11.1. The van der Waals surface area contributed by atoms with Crippen LogP contribution < -0.4 is 5.32 Å². The topological polar surface area (TPSA) is 46.2 Å². The first-order valence-electron chi connectivity index (χ1n) is 4.47. The number of hydrogen-bond donors (Lipinski definition) is 1. The molecule has 0 atom stereocenters. The molecule has 0 aromatic carbocycles. The lowest BCUT2D eigenvalue weighted by atomic mass is 10.1. The average molecular weight is 206 g/mol. The van der Waals surface area contributed by atoms with Gasteiger partial charge in [-0.25, -0.2) is 0 Å². The van der Waals surface area contributed by atoms with Gasteiger partial charge in [0.15, 0.2) is 0 Å². The second-order valence-corrected chi connectivity index (χ2v) is 3.83. The monoisotopic (exact) mass is 205 g/mol. The van der Waals surface area contributed by atoms with E-state index in [1.807, 2.05) is 13.8 Å². The molecule has 76 valence electrons. The van der Waals surface area contributed by atoms with Crippen molar-refractivity contribution in [2.45, 2.75) is 33.1 Å². The highest BCUT2D eigenvalue weighted by Crippen LogP contribution is 1.98. The SMILES string of the molecule is CC(C)CC(=O)NCCCC(=O)Cl. The zero-order valence-corrected chi connectivity index (χ0v) is 8.86. The summed E-state index contributed by atoms with van der Waals surface area (Å²) in [6, 6.07) is 0. The van der Waals surface area contributed by atoms with E-state index in [0.717, 1.165) is 0 Å². The molecule has 0 saturated carbocycles. The quantitative estimate of drug-likeness (QED) is 0.530. The molecule has 0 spiro atoms. The van der Waals surface area contributed by atoms with Gasteiger partial charge in [0.2, 0.25) is 11.1 Å². The van der Waals surface area contributed by atoms with Crippen molar-refractivity contribution in [2.75, 3.05) is 6.54 Å². The van der Waals surface area contributed by atoms with Crippen LogP contribution in [0.2, 0.25) is 0 Å². The fraction of sp³-hybridized carbons (Fsp3) is 0.778. The van der Waals surface area contributed by atoms with E-state index in [1.165, 1.54) is 0 Å². The van der Waals surface area contributed by atoms with Crippen molar-refractivity contribution in [1.29, 1.82) is 0 Å². The third-order valence-corrected chi connectivity index (χ3v) is 1.65. The second-order valence-electron chi connectivity index (χ2n) is 3.41. The second kappa shape index (κ2) is 6.89. The van der Waals surface area contributed by atoms with E-state index < -0.39 is 0 Å². The third kappa shape index (κ3) is 9.34. The number of carbonyl (C=O) groups is 2. The van der Waals surface area contributed by atoms with Gasteiger partial charge >= 0.3 is 0 Å². The summed E-state index contributed by atoms with van der Waals surface area (Å²) in [5.74, 6) is 0.409. The smallest absolute Gasteiger partial charge is 0.221 e.